The van der Waals surface area contributed by atoms with Crippen LogP contribution in [-0.2, 0) is 4.74 Å². The van der Waals surface area contributed by atoms with Gasteiger partial charge in [0.05, 0.1) is 23.4 Å². The summed E-state index contributed by atoms with van der Waals surface area (Å²) in [6, 6.07) is 11.6. The van der Waals surface area contributed by atoms with Gasteiger partial charge in [0.15, 0.2) is 0 Å². The number of hydrogen-bond acceptors (Lipinski definition) is 5. The summed E-state index contributed by atoms with van der Waals surface area (Å²) >= 11 is 0. The number of fused-ring (bicyclic) bond motifs is 1. The van der Waals surface area contributed by atoms with Gasteiger partial charge >= 0.3 is 6.09 Å². The van der Waals surface area contributed by atoms with E-state index in [1.54, 1.807) is 28.0 Å². The van der Waals surface area contributed by atoms with E-state index < -0.39 is 11.7 Å². The molecule has 1 saturated heterocycles. The van der Waals surface area contributed by atoms with Crippen LogP contribution in [-0.4, -0.2) is 72.5 Å². The Morgan fingerprint density at radius 2 is 1.75 bits per heavy atom. The molecule has 2 heterocycles. The minimum Gasteiger partial charge on any atom is -0.449 e. The summed E-state index contributed by atoms with van der Waals surface area (Å²) in [7, 11) is 1.45. The number of hydrogen-bond donors (Lipinski definition) is 1. The molecule has 0 radical (unpaired) electrons. The van der Waals surface area contributed by atoms with Gasteiger partial charge in [-0.05, 0) is 55.3 Å². The van der Waals surface area contributed by atoms with E-state index in [0.29, 0.717) is 55.1 Å². The molecule has 0 bridgehead atoms. The maximum Gasteiger partial charge on any atom is 0.409 e. The zero-order chi connectivity index (χ0) is 25.8. The van der Waals surface area contributed by atoms with Crippen molar-refractivity contribution >= 4 is 28.8 Å². The van der Waals surface area contributed by atoms with Crippen LogP contribution in [0.5, 0.6) is 0 Å². The van der Waals surface area contributed by atoms with E-state index in [-0.39, 0.29) is 17.6 Å². The Morgan fingerprint density at radius 3 is 2.44 bits per heavy atom. The summed E-state index contributed by atoms with van der Waals surface area (Å²) in [4.78, 5) is 45.4. The molecule has 9 heteroatoms. The third-order valence-corrected chi connectivity index (χ3v) is 6.25. The molecule has 3 amide bonds. The summed E-state index contributed by atoms with van der Waals surface area (Å²) in [6.45, 7) is 5.94. The predicted octanol–water partition coefficient (Wildman–Crippen LogP) is 4.01. The maximum atomic E-state index is 14.1. The largest absolute Gasteiger partial charge is 0.449 e. The number of piperazine rings is 1. The highest BCUT2D eigenvalue weighted by Gasteiger charge is 2.26. The van der Waals surface area contributed by atoms with E-state index in [1.165, 1.54) is 19.2 Å². The molecular weight excluding hydrogens is 463 g/mol. The first-order valence-electron chi connectivity index (χ1n) is 12.0. The van der Waals surface area contributed by atoms with Gasteiger partial charge < -0.3 is 19.9 Å². The molecular formula is C27H29FN4O4. The molecule has 0 aliphatic carbocycles. The fourth-order valence-corrected chi connectivity index (χ4v) is 4.23. The number of amides is 3. The van der Waals surface area contributed by atoms with Crippen LogP contribution in [0, 0.1) is 12.7 Å². The number of pyridine rings is 1. The molecule has 1 aliphatic rings. The summed E-state index contributed by atoms with van der Waals surface area (Å²) in [5, 5.41) is 3.34. The lowest BCUT2D eigenvalue weighted by Crippen LogP contribution is -2.50. The summed E-state index contributed by atoms with van der Waals surface area (Å²) < 4.78 is 19.3. The molecule has 36 heavy (non-hydrogen) atoms. The highest BCUT2D eigenvalue weighted by atomic mass is 19.1. The number of aromatic nitrogens is 1. The molecule has 1 aromatic heterocycles. The van der Waals surface area contributed by atoms with Gasteiger partial charge in [0, 0.05) is 49.7 Å². The Balaban J connectivity index is 1.57. The standard InChI is InChI=1S/C27H29FN4O4/c1-4-13-36-27(35)32-11-9-31(10-12-32)26(34)19-5-7-20-17(2)14-23(30-24(20)16-19)18-6-8-22(28)21(15-18)25(33)29-3/h5-8,14-16H,4,9-13H2,1-3H3,(H,29,33). The monoisotopic (exact) mass is 492 g/mol. The number of ether oxygens (including phenoxy) is 1. The van der Waals surface area contributed by atoms with Crippen LogP contribution >= 0.6 is 0 Å². The van der Waals surface area contributed by atoms with Gasteiger partial charge in [0.25, 0.3) is 11.8 Å². The molecule has 1 aliphatic heterocycles. The van der Waals surface area contributed by atoms with E-state index in [2.05, 4.69) is 5.32 Å². The van der Waals surface area contributed by atoms with Gasteiger partial charge in [-0.1, -0.05) is 13.0 Å². The molecule has 2 aromatic carbocycles. The van der Waals surface area contributed by atoms with Crippen LogP contribution in [0.3, 0.4) is 0 Å². The molecule has 0 spiro atoms. The van der Waals surface area contributed by atoms with Crippen LogP contribution in [0.25, 0.3) is 22.2 Å². The lowest BCUT2D eigenvalue weighted by atomic mass is 10.0. The van der Waals surface area contributed by atoms with Crippen LogP contribution in [0.15, 0.2) is 42.5 Å². The smallest absolute Gasteiger partial charge is 0.409 e. The van der Waals surface area contributed by atoms with Gasteiger partial charge in [-0.25, -0.2) is 14.2 Å². The number of benzene rings is 2. The molecule has 188 valence electrons. The zero-order valence-electron chi connectivity index (χ0n) is 20.6. The van der Waals surface area contributed by atoms with Crippen molar-refractivity contribution in [2.24, 2.45) is 0 Å². The minimum absolute atomic E-state index is 0.0591. The van der Waals surface area contributed by atoms with Gasteiger partial charge in [-0.15, -0.1) is 0 Å². The van der Waals surface area contributed by atoms with Gasteiger partial charge in [-0.3, -0.25) is 9.59 Å². The second kappa shape index (κ2) is 10.7. The van der Waals surface area contributed by atoms with Crippen molar-refractivity contribution in [1.29, 1.82) is 0 Å². The van der Waals surface area contributed by atoms with Gasteiger partial charge in [-0.2, -0.15) is 0 Å². The molecule has 4 rings (SSSR count). The van der Waals surface area contributed by atoms with Crippen LogP contribution in [0.1, 0.15) is 39.6 Å². The van der Waals surface area contributed by atoms with E-state index in [9.17, 15) is 18.8 Å². The first kappa shape index (κ1) is 25.1. The fourth-order valence-electron chi connectivity index (χ4n) is 4.23. The van der Waals surface area contributed by atoms with E-state index in [0.717, 1.165) is 17.4 Å². The highest BCUT2D eigenvalue weighted by Crippen LogP contribution is 2.27. The van der Waals surface area contributed by atoms with Crippen LogP contribution in [0.4, 0.5) is 9.18 Å². The number of carbonyl (C=O) groups excluding carboxylic acids is 3. The molecule has 3 aromatic rings. The summed E-state index contributed by atoms with van der Waals surface area (Å²) in [5.41, 5.74) is 3.19. The van der Waals surface area contributed by atoms with Crippen LogP contribution < -0.4 is 5.32 Å². The second-order valence-electron chi connectivity index (χ2n) is 8.72. The highest BCUT2D eigenvalue weighted by molar-refractivity contribution is 5.99. The molecule has 1 N–H and O–H groups in total. The zero-order valence-corrected chi connectivity index (χ0v) is 20.6. The number of aryl methyl sites for hydroxylation is 1. The van der Waals surface area contributed by atoms with Crippen molar-refractivity contribution in [3.63, 3.8) is 0 Å². The van der Waals surface area contributed by atoms with Crippen molar-refractivity contribution in [1.82, 2.24) is 20.1 Å². The second-order valence-corrected chi connectivity index (χ2v) is 8.72. The Morgan fingerprint density at radius 1 is 1.03 bits per heavy atom. The van der Waals surface area contributed by atoms with Gasteiger partial charge in [0.1, 0.15) is 5.82 Å². The average Bonchev–Trinajstić information content (AvgIpc) is 2.90. The lowest BCUT2D eigenvalue weighted by Gasteiger charge is -2.34. The molecule has 0 atom stereocenters. The molecule has 0 unspecified atom stereocenters. The Labute approximate surface area is 209 Å². The molecule has 8 nitrogen and oxygen atoms in total. The summed E-state index contributed by atoms with van der Waals surface area (Å²) in [5.74, 6) is -1.26. The lowest BCUT2D eigenvalue weighted by molar-refractivity contribution is 0.0560. The Bertz CT molecular complexity index is 1320. The third kappa shape index (κ3) is 5.15. The Kier molecular flexibility index (Phi) is 7.47. The number of carbonyl (C=O) groups is 3. The first-order valence-corrected chi connectivity index (χ1v) is 12.0. The van der Waals surface area contributed by atoms with E-state index in [1.807, 2.05) is 26.0 Å². The predicted molar refractivity (Wildman–Crippen MR) is 134 cm³/mol. The van der Waals surface area contributed by atoms with Crippen molar-refractivity contribution in [3.8, 4) is 11.3 Å². The van der Waals surface area contributed by atoms with Crippen molar-refractivity contribution in [2.75, 3.05) is 39.8 Å². The molecule has 0 saturated carbocycles. The number of halogens is 1. The van der Waals surface area contributed by atoms with Crippen LogP contribution in [0.2, 0.25) is 0 Å². The quantitative estimate of drug-likeness (QED) is 0.581. The minimum atomic E-state index is -0.609. The van der Waals surface area contributed by atoms with E-state index in [4.69, 9.17) is 9.72 Å². The van der Waals surface area contributed by atoms with Crippen molar-refractivity contribution in [3.05, 3.63) is 65.0 Å². The topological polar surface area (TPSA) is 91.8 Å². The fraction of sp³-hybridized carbons (Fsp3) is 0.333. The third-order valence-electron chi connectivity index (χ3n) is 6.25. The van der Waals surface area contributed by atoms with Gasteiger partial charge in [0.2, 0.25) is 0 Å². The summed E-state index contributed by atoms with van der Waals surface area (Å²) in [6.07, 6.45) is 0.417. The first-order chi connectivity index (χ1) is 17.3. The normalized spacial score (nSPS) is 13.6. The number of nitrogens with zero attached hydrogens (tertiary/aromatic N) is 3. The van der Waals surface area contributed by atoms with Crippen molar-refractivity contribution < 1.29 is 23.5 Å². The number of rotatable bonds is 5. The average molecular weight is 493 g/mol. The Hall–Kier alpha value is -4.01. The number of nitrogens with one attached hydrogen (secondary N) is 1. The maximum absolute atomic E-state index is 14.1. The molecule has 1 fully saturated rings. The van der Waals surface area contributed by atoms with Crippen molar-refractivity contribution in [2.45, 2.75) is 20.3 Å². The van der Waals surface area contributed by atoms with E-state index >= 15 is 0 Å². The SMILES string of the molecule is CCCOC(=O)N1CCN(C(=O)c2ccc3c(C)cc(-c4ccc(F)c(C(=O)NC)c4)nc3c2)CC1.